The summed E-state index contributed by atoms with van der Waals surface area (Å²) in [5, 5.41) is 0. The van der Waals surface area contributed by atoms with Gasteiger partial charge in [-0.1, -0.05) is 0 Å². The minimum Gasteiger partial charge on any atom is -0.323 e. The van der Waals surface area contributed by atoms with E-state index in [0.29, 0.717) is 0 Å². The molecule has 1 unspecified atom stereocenters. The van der Waals surface area contributed by atoms with Crippen molar-refractivity contribution >= 4 is 21.1 Å². The molecule has 14 heavy (non-hydrogen) atoms. The predicted molar refractivity (Wildman–Crippen MR) is 47.8 cm³/mol. The highest BCUT2D eigenvalue weighted by molar-refractivity contribution is 7.76. The maximum absolute atomic E-state index is 10.7. The van der Waals surface area contributed by atoms with Gasteiger partial charge in [0, 0.05) is 0 Å². The molecule has 0 heterocycles. The molecule has 0 saturated carbocycles. The first-order chi connectivity index (χ1) is 6.05. The van der Waals surface area contributed by atoms with Gasteiger partial charge in [-0.25, -0.2) is 4.79 Å². The van der Waals surface area contributed by atoms with Gasteiger partial charge in [0.15, 0.2) is 0 Å². The Bertz CT molecular complexity index is 255. The molecule has 0 amide bonds. The van der Waals surface area contributed by atoms with Gasteiger partial charge in [-0.3, -0.25) is 4.57 Å². The van der Waals surface area contributed by atoms with Crippen LogP contribution in [0.5, 0.6) is 0 Å². The number of hydrogen-bond donors (Lipinski definition) is 6. The van der Waals surface area contributed by atoms with Gasteiger partial charge >= 0.3 is 21.1 Å². The summed E-state index contributed by atoms with van der Waals surface area (Å²) >= 11 is 0. The molecule has 0 bridgehead atoms. The molecule has 0 aliphatic heterocycles. The van der Waals surface area contributed by atoms with Gasteiger partial charge in [-0.15, -0.1) is 0 Å². The van der Waals surface area contributed by atoms with E-state index in [2.05, 4.69) is 0 Å². The monoisotopic (exact) mass is 248 g/mol. The topological polar surface area (TPSA) is 161 Å². The van der Waals surface area contributed by atoms with Crippen molar-refractivity contribution in [3.05, 3.63) is 0 Å². The third kappa shape index (κ3) is 5.09. The number of hydrogen-bond acceptors (Lipinski definition) is 6. The lowest BCUT2D eigenvalue weighted by Gasteiger charge is -2.11. The van der Waals surface area contributed by atoms with Gasteiger partial charge in [0.25, 0.3) is 0 Å². The lowest BCUT2D eigenvalue weighted by Crippen LogP contribution is -2.21. The first kappa shape index (κ1) is 14.1. The van der Waals surface area contributed by atoms with E-state index in [1.807, 2.05) is 0 Å². The number of carbonyl (C=O) groups is 1. The maximum Gasteiger partial charge on any atom is 0.478 e. The zero-order valence-corrected chi connectivity index (χ0v) is 8.80. The molecule has 0 aliphatic carbocycles. The molecule has 10 heteroatoms. The molecule has 0 saturated heterocycles. The molecular formula is C4H12NO7P2+. The second kappa shape index (κ2) is 4.74. The minimum absolute atomic E-state index is 0.424. The third-order valence-electron chi connectivity index (χ3n) is 1.42. The summed E-state index contributed by atoms with van der Waals surface area (Å²) in [6.07, 6.45) is -1.02. The van der Waals surface area contributed by atoms with Gasteiger partial charge in [0.1, 0.15) is 5.78 Å². The van der Waals surface area contributed by atoms with Crippen LogP contribution in [0, 0.1) is 0 Å². The largest absolute Gasteiger partial charge is 0.478 e. The van der Waals surface area contributed by atoms with Crippen molar-refractivity contribution in [3.8, 4) is 0 Å². The molecule has 0 spiro atoms. The minimum atomic E-state index is -4.56. The highest BCUT2D eigenvalue weighted by atomic mass is 31.2. The average Bonchev–Trinajstić information content (AvgIpc) is 1.95. The Morgan fingerprint density at radius 2 is 1.79 bits per heavy atom. The summed E-state index contributed by atoms with van der Waals surface area (Å²) < 4.78 is 10.5. The zero-order chi connectivity index (χ0) is 11.6. The summed E-state index contributed by atoms with van der Waals surface area (Å²) in [7, 11) is -9.03. The van der Waals surface area contributed by atoms with Crippen molar-refractivity contribution in [3.63, 3.8) is 0 Å². The summed E-state index contributed by atoms with van der Waals surface area (Å²) in [4.78, 5) is 53.0. The number of carbonyl (C=O) groups excluding carboxylic acids is 1. The van der Waals surface area contributed by atoms with Crippen LogP contribution in [0.3, 0.4) is 0 Å². The van der Waals surface area contributed by atoms with Crippen LogP contribution in [0.2, 0.25) is 0 Å². The molecule has 7 N–H and O–H groups in total. The molecule has 0 rings (SSSR count). The van der Waals surface area contributed by atoms with Crippen molar-refractivity contribution in [2.45, 2.75) is 18.6 Å². The van der Waals surface area contributed by atoms with Crippen LogP contribution in [-0.4, -0.2) is 35.8 Å². The Labute approximate surface area is 80.1 Å². The molecule has 0 aromatic heterocycles. The lowest BCUT2D eigenvalue weighted by molar-refractivity contribution is -0.114. The van der Waals surface area contributed by atoms with Crippen LogP contribution in [-0.2, 0) is 9.36 Å². The normalized spacial score (nSPS) is 15.3. The molecule has 0 aromatic carbocycles. The average molecular weight is 248 g/mol. The van der Waals surface area contributed by atoms with Gasteiger partial charge < -0.3 is 15.5 Å². The van der Waals surface area contributed by atoms with E-state index in [1.54, 1.807) is 0 Å². The zero-order valence-electron chi connectivity index (χ0n) is 7.02. The van der Waals surface area contributed by atoms with Crippen LogP contribution in [0.25, 0.3) is 0 Å². The summed E-state index contributed by atoms with van der Waals surface area (Å²) in [6.45, 7) is 0. The highest BCUT2D eigenvalue weighted by Gasteiger charge is 2.42. The Morgan fingerprint density at radius 1 is 1.36 bits per heavy atom. The molecule has 0 aliphatic rings. The first-order valence-electron chi connectivity index (χ1n) is 3.46. The quantitative estimate of drug-likeness (QED) is 0.320. The van der Waals surface area contributed by atoms with Gasteiger partial charge in [0.05, 0.1) is 6.42 Å². The van der Waals surface area contributed by atoms with E-state index >= 15 is 0 Å². The van der Waals surface area contributed by atoms with Crippen LogP contribution in [0.1, 0.15) is 12.8 Å². The molecule has 0 aromatic rings. The van der Waals surface area contributed by atoms with Crippen molar-refractivity contribution in [2.24, 2.45) is 5.73 Å². The summed E-state index contributed by atoms with van der Waals surface area (Å²) in [5.74, 6) is -1.54. The van der Waals surface area contributed by atoms with Crippen molar-refractivity contribution in [1.29, 1.82) is 0 Å². The van der Waals surface area contributed by atoms with E-state index in [9.17, 15) is 9.36 Å². The molecule has 0 fully saturated rings. The van der Waals surface area contributed by atoms with Crippen LogP contribution in [0.15, 0.2) is 0 Å². The molecule has 1 atom stereocenters. The van der Waals surface area contributed by atoms with Crippen molar-refractivity contribution in [1.82, 2.24) is 0 Å². The fraction of sp³-hybridized carbons (Fsp3) is 0.750. The smallest absolute Gasteiger partial charge is 0.323 e. The highest BCUT2D eigenvalue weighted by Crippen LogP contribution is 2.48. The van der Waals surface area contributed by atoms with Crippen LogP contribution >= 0.6 is 15.5 Å². The van der Waals surface area contributed by atoms with Gasteiger partial charge in [0.2, 0.25) is 0 Å². The Morgan fingerprint density at radius 3 is 2.07 bits per heavy atom. The fourth-order valence-electron chi connectivity index (χ4n) is 0.590. The SMILES string of the molecule is NC(CCC(=O)[P+](O)(O)O)P(=O)(O)O. The molecule has 8 nitrogen and oxygen atoms in total. The number of nitrogens with two attached hydrogens (primary N) is 1. The van der Waals surface area contributed by atoms with Crippen LogP contribution < -0.4 is 5.73 Å². The number of rotatable bonds is 5. The second-order valence-corrected chi connectivity index (χ2v) is 6.13. The lowest BCUT2D eigenvalue weighted by atomic mass is 10.3. The Balaban J connectivity index is 4.10. The standard InChI is InChI=1S/C4H11NO7P2/c5-3(13(7,8)9)1-2-4(6)14(10,11)12/h3,10-12H,1-2,5H2,(H-,7,8,9)/p+1. The van der Waals surface area contributed by atoms with Gasteiger partial charge in [-0.2, -0.15) is 14.7 Å². The Kier molecular flexibility index (Phi) is 4.77. The van der Waals surface area contributed by atoms with Crippen molar-refractivity contribution < 1.29 is 33.8 Å². The van der Waals surface area contributed by atoms with E-state index in [0.717, 1.165) is 0 Å². The van der Waals surface area contributed by atoms with Gasteiger partial charge in [-0.05, 0) is 6.42 Å². The van der Waals surface area contributed by atoms with Crippen LogP contribution in [0.4, 0.5) is 0 Å². The summed E-state index contributed by atoms with van der Waals surface area (Å²) in [6, 6.07) is 0. The predicted octanol–water partition coefficient (Wildman–Crippen LogP) is -1.50. The Hall–Kier alpha value is 0.0900. The molecular weight excluding hydrogens is 236 g/mol. The van der Waals surface area contributed by atoms with E-state index in [4.69, 9.17) is 30.2 Å². The van der Waals surface area contributed by atoms with E-state index < -0.39 is 39.7 Å². The van der Waals surface area contributed by atoms with Crippen molar-refractivity contribution in [2.75, 3.05) is 0 Å². The second-order valence-electron chi connectivity index (χ2n) is 2.66. The third-order valence-corrected chi connectivity index (χ3v) is 3.44. The first-order valence-corrected chi connectivity index (χ1v) is 6.79. The molecule has 84 valence electrons. The summed E-state index contributed by atoms with van der Waals surface area (Å²) in [5.41, 5.74) is 3.73. The fourth-order valence-corrected chi connectivity index (χ4v) is 1.48. The maximum atomic E-state index is 10.7. The van der Waals surface area contributed by atoms with E-state index in [-0.39, 0.29) is 0 Å². The molecule has 0 radical (unpaired) electrons. The van der Waals surface area contributed by atoms with E-state index in [1.165, 1.54) is 0 Å².